The fourth-order valence-electron chi connectivity index (χ4n) is 3.27. The van der Waals surface area contributed by atoms with Gasteiger partial charge in [0.25, 0.3) is 0 Å². The molecule has 164 valence electrons. The Morgan fingerprint density at radius 2 is 1.90 bits per heavy atom. The molecule has 0 spiro atoms. The fraction of sp³-hybridized carbons (Fsp3) is 0.273. The van der Waals surface area contributed by atoms with Gasteiger partial charge in [-0.15, -0.1) is 30.4 Å². The number of amides is 1. The number of carbonyl (C=O) groups excluding carboxylic acids is 1. The van der Waals surface area contributed by atoms with E-state index in [0.717, 1.165) is 12.1 Å². The van der Waals surface area contributed by atoms with E-state index in [2.05, 4.69) is 21.5 Å². The Morgan fingerprint density at radius 1 is 1.16 bits per heavy atom. The molecular formula is C22H24F2IN5O. The van der Waals surface area contributed by atoms with E-state index in [0.29, 0.717) is 43.4 Å². The molecule has 2 N–H and O–H groups in total. The van der Waals surface area contributed by atoms with Crippen LogP contribution in [0, 0.1) is 24.0 Å². The van der Waals surface area contributed by atoms with Gasteiger partial charge >= 0.3 is 0 Å². The van der Waals surface area contributed by atoms with Crippen molar-refractivity contribution in [2.75, 3.05) is 50.0 Å². The van der Waals surface area contributed by atoms with Crippen LogP contribution in [0.2, 0.25) is 0 Å². The van der Waals surface area contributed by atoms with Gasteiger partial charge in [-0.05, 0) is 30.3 Å². The topological polar surface area (TPSA) is 60.0 Å². The summed E-state index contributed by atoms with van der Waals surface area (Å²) in [5, 5.41) is 5.82. The first-order valence-electron chi connectivity index (χ1n) is 9.52. The molecule has 0 saturated carbocycles. The Morgan fingerprint density at radius 3 is 2.58 bits per heavy atom. The molecule has 0 aromatic heterocycles. The van der Waals surface area contributed by atoms with Crippen molar-refractivity contribution in [3.05, 3.63) is 59.7 Å². The first-order valence-corrected chi connectivity index (χ1v) is 9.52. The SMILES string of the molecule is C#Cc1cccc(NC(=O)CNC(=NC)N2CCN(c3cc(F)ccc3F)CC2)c1.I. The molecule has 0 radical (unpaired) electrons. The van der Waals surface area contributed by atoms with Crippen molar-refractivity contribution in [1.29, 1.82) is 0 Å². The standard InChI is InChI=1S/C22H23F2N5O.HI/c1-3-16-5-4-6-18(13-16)27-21(30)15-26-22(25-2)29-11-9-28(10-12-29)20-14-17(23)7-8-19(20)24;/h1,4-8,13-14H,9-12,15H2,2H3,(H,25,26)(H,27,30);1H. The first-order chi connectivity index (χ1) is 14.5. The maximum atomic E-state index is 14.0. The molecule has 0 bridgehead atoms. The number of carbonyl (C=O) groups is 1. The van der Waals surface area contributed by atoms with Crippen LogP contribution < -0.4 is 15.5 Å². The van der Waals surface area contributed by atoms with Gasteiger partial charge in [0, 0.05) is 50.5 Å². The quantitative estimate of drug-likeness (QED) is 0.272. The molecule has 0 atom stereocenters. The van der Waals surface area contributed by atoms with Crippen molar-refractivity contribution in [3.8, 4) is 12.3 Å². The Balaban J connectivity index is 0.00000341. The zero-order valence-corrected chi connectivity index (χ0v) is 19.4. The third kappa shape index (κ3) is 6.55. The summed E-state index contributed by atoms with van der Waals surface area (Å²) < 4.78 is 27.5. The number of aliphatic imine (C=N–C) groups is 1. The van der Waals surface area contributed by atoms with Crippen LogP contribution in [0.4, 0.5) is 20.2 Å². The smallest absolute Gasteiger partial charge is 0.243 e. The number of anilines is 2. The van der Waals surface area contributed by atoms with Crippen molar-refractivity contribution in [2.45, 2.75) is 0 Å². The van der Waals surface area contributed by atoms with E-state index in [-0.39, 0.29) is 42.1 Å². The lowest BCUT2D eigenvalue weighted by atomic mass is 10.2. The number of benzene rings is 2. The summed E-state index contributed by atoms with van der Waals surface area (Å²) in [7, 11) is 1.63. The molecule has 1 aliphatic rings. The summed E-state index contributed by atoms with van der Waals surface area (Å²) in [4.78, 5) is 20.2. The molecular weight excluding hydrogens is 515 g/mol. The second-order valence-corrected chi connectivity index (χ2v) is 6.74. The molecule has 31 heavy (non-hydrogen) atoms. The van der Waals surface area contributed by atoms with Gasteiger partial charge in [0.2, 0.25) is 5.91 Å². The largest absolute Gasteiger partial charge is 0.366 e. The van der Waals surface area contributed by atoms with Gasteiger partial charge in [0.15, 0.2) is 5.96 Å². The van der Waals surface area contributed by atoms with Crippen LogP contribution >= 0.6 is 24.0 Å². The Bertz CT molecular complexity index is 984. The van der Waals surface area contributed by atoms with Gasteiger partial charge in [0.05, 0.1) is 12.2 Å². The maximum Gasteiger partial charge on any atom is 0.243 e. The maximum absolute atomic E-state index is 14.0. The lowest BCUT2D eigenvalue weighted by Crippen LogP contribution is -2.53. The minimum Gasteiger partial charge on any atom is -0.366 e. The number of nitrogens with zero attached hydrogens (tertiary/aromatic N) is 3. The van der Waals surface area contributed by atoms with E-state index in [1.165, 1.54) is 6.07 Å². The Hall–Kier alpha value is -2.87. The van der Waals surface area contributed by atoms with Crippen molar-refractivity contribution in [2.24, 2.45) is 4.99 Å². The number of rotatable bonds is 4. The van der Waals surface area contributed by atoms with E-state index >= 15 is 0 Å². The van der Waals surface area contributed by atoms with Crippen molar-refractivity contribution >= 4 is 47.2 Å². The Labute approximate surface area is 197 Å². The van der Waals surface area contributed by atoms with Gasteiger partial charge in [0.1, 0.15) is 11.6 Å². The number of piperazine rings is 1. The minimum absolute atomic E-state index is 0. The zero-order valence-electron chi connectivity index (χ0n) is 17.1. The molecule has 2 aromatic carbocycles. The van der Waals surface area contributed by atoms with Crippen molar-refractivity contribution in [3.63, 3.8) is 0 Å². The van der Waals surface area contributed by atoms with Crippen molar-refractivity contribution in [1.82, 2.24) is 10.2 Å². The lowest BCUT2D eigenvalue weighted by Gasteiger charge is -2.37. The molecule has 3 rings (SSSR count). The second-order valence-electron chi connectivity index (χ2n) is 6.74. The van der Waals surface area contributed by atoms with E-state index in [1.807, 2.05) is 4.90 Å². The predicted octanol–water partition coefficient (Wildman–Crippen LogP) is 2.90. The molecule has 2 aromatic rings. The van der Waals surface area contributed by atoms with Crippen LogP contribution in [0.1, 0.15) is 5.56 Å². The highest BCUT2D eigenvalue weighted by Crippen LogP contribution is 2.21. The molecule has 0 aliphatic carbocycles. The molecule has 9 heteroatoms. The summed E-state index contributed by atoms with van der Waals surface area (Å²) in [6.45, 7) is 2.16. The van der Waals surface area contributed by atoms with Crippen LogP contribution in [-0.4, -0.2) is 56.5 Å². The van der Waals surface area contributed by atoms with Gasteiger partial charge in [-0.3, -0.25) is 9.79 Å². The highest BCUT2D eigenvalue weighted by atomic mass is 127. The summed E-state index contributed by atoms with van der Waals surface area (Å²) >= 11 is 0. The number of halogens is 3. The molecule has 1 heterocycles. The number of nitrogens with one attached hydrogen (secondary N) is 2. The number of guanidine groups is 1. The zero-order chi connectivity index (χ0) is 21.5. The number of hydrogen-bond acceptors (Lipinski definition) is 3. The molecule has 6 nitrogen and oxygen atoms in total. The van der Waals surface area contributed by atoms with E-state index in [9.17, 15) is 13.6 Å². The molecule has 1 aliphatic heterocycles. The predicted molar refractivity (Wildman–Crippen MR) is 130 cm³/mol. The molecule has 1 amide bonds. The number of hydrogen-bond donors (Lipinski definition) is 2. The second kappa shape index (κ2) is 11.5. The van der Waals surface area contributed by atoms with Crippen LogP contribution in [-0.2, 0) is 4.79 Å². The summed E-state index contributed by atoms with van der Waals surface area (Å²) in [5.74, 6) is 1.95. The molecule has 0 unspecified atom stereocenters. The van der Waals surface area contributed by atoms with Gasteiger partial charge in [-0.1, -0.05) is 12.0 Å². The van der Waals surface area contributed by atoms with E-state index < -0.39 is 11.6 Å². The number of terminal acetylenes is 1. The lowest BCUT2D eigenvalue weighted by molar-refractivity contribution is -0.115. The first kappa shape index (κ1) is 24.4. The normalized spacial score (nSPS) is 13.8. The van der Waals surface area contributed by atoms with Gasteiger partial charge in [-0.2, -0.15) is 0 Å². The van der Waals surface area contributed by atoms with Crippen LogP contribution in [0.25, 0.3) is 0 Å². The monoisotopic (exact) mass is 539 g/mol. The Kier molecular flexibility index (Phi) is 9.05. The highest BCUT2D eigenvalue weighted by Gasteiger charge is 2.22. The van der Waals surface area contributed by atoms with E-state index in [1.54, 1.807) is 36.2 Å². The van der Waals surface area contributed by atoms with Gasteiger partial charge < -0.3 is 20.4 Å². The van der Waals surface area contributed by atoms with Crippen LogP contribution in [0.15, 0.2) is 47.5 Å². The summed E-state index contributed by atoms with van der Waals surface area (Å²) in [6.07, 6.45) is 5.37. The fourth-order valence-corrected chi connectivity index (χ4v) is 3.27. The summed E-state index contributed by atoms with van der Waals surface area (Å²) in [6, 6.07) is 10.5. The average molecular weight is 539 g/mol. The van der Waals surface area contributed by atoms with Crippen LogP contribution in [0.5, 0.6) is 0 Å². The summed E-state index contributed by atoms with van der Waals surface area (Å²) in [5.41, 5.74) is 1.56. The molecule has 1 saturated heterocycles. The third-order valence-corrected chi connectivity index (χ3v) is 4.76. The third-order valence-electron chi connectivity index (χ3n) is 4.76. The van der Waals surface area contributed by atoms with Crippen LogP contribution in [0.3, 0.4) is 0 Å². The van der Waals surface area contributed by atoms with E-state index in [4.69, 9.17) is 6.42 Å². The molecule has 1 fully saturated rings. The average Bonchev–Trinajstić information content (AvgIpc) is 2.76. The van der Waals surface area contributed by atoms with Crippen molar-refractivity contribution < 1.29 is 13.6 Å². The van der Waals surface area contributed by atoms with Gasteiger partial charge in [-0.25, -0.2) is 8.78 Å². The minimum atomic E-state index is -0.468. The highest BCUT2D eigenvalue weighted by molar-refractivity contribution is 14.0.